The number of carbonyl (C=O) groups excluding carboxylic acids is 1. The average molecular weight is 389 g/mol. The molecule has 1 saturated heterocycles. The van der Waals surface area contributed by atoms with Gasteiger partial charge in [0, 0.05) is 42.5 Å². The van der Waals surface area contributed by atoms with Crippen molar-refractivity contribution in [2.75, 3.05) is 43.4 Å². The number of halogens is 1. The highest BCUT2D eigenvalue weighted by Gasteiger charge is 2.16. The van der Waals surface area contributed by atoms with Crippen molar-refractivity contribution in [1.29, 1.82) is 0 Å². The topological polar surface area (TPSA) is 48.5 Å². The Hall–Kier alpha value is -1.92. The Bertz CT molecular complexity index is 724. The van der Waals surface area contributed by atoms with Gasteiger partial charge in [0.25, 0.3) is 5.91 Å². The molecule has 24 heavy (non-hydrogen) atoms. The first kappa shape index (κ1) is 16.9. The molecule has 1 N–H and O–H groups in total. The molecule has 1 aliphatic heterocycles. The molecule has 1 fully saturated rings. The van der Waals surface area contributed by atoms with Gasteiger partial charge in [-0.2, -0.15) is 0 Å². The van der Waals surface area contributed by atoms with E-state index in [0.717, 1.165) is 47.7 Å². The monoisotopic (exact) mass is 388 g/mol. The van der Waals surface area contributed by atoms with Gasteiger partial charge in [-0.05, 0) is 43.8 Å². The number of hydrogen-bond acceptors (Lipinski definition) is 4. The molecule has 0 aliphatic carbocycles. The van der Waals surface area contributed by atoms with Crippen LogP contribution in [0, 0.1) is 6.92 Å². The zero-order valence-corrected chi connectivity index (χ0v) is 15.5. The molecule has 1 aliphatic rings. The van der Waals surface area contributed by atoms with Crippen LogP contribution in [0.25, 0.3) is 0 Å². The van der Waals surface area contributed by atoms with Crippen LogP contribution in [0.4, 0.5) is 11.5 Å². The van der Waals surface area contributed by atoms with E-state index in [1.807, 2.05) is 37.3 Å². The highest BCUT2D eigenvalue weighted by Crippen LogP contribution is 2.21. The van der Waals surface area contributed by atoms with Crippen LogP contribution in [0.15, 0.2) is 41.0 Å². The van der Waals surface area contributed by atoms with E-state index in [4.69, 9.17) is 0 Å². The van der Waals surface area contributed by atoms with E-state index >= 15 is 0 Å². The maximum absolute atomic E-state index is 12.4. The van der Waals surface area contributed by atoms with E-state index in [0.29, 0.717) is 5.56 Å². The van der Waals surface area contributed by atoms with Gasteiger partial charge < -0.3 is 15.1 Å². The molecule has 2 aromatic rings. The van der Waals surface area contributed by atoms with Crippen molar-refractivity contribution in [2.45, 2.75) is 6.92 Å². The lowest BCUT2D eigenvalue weighted by molar-refractivity contribution is 0.102. The first-order valence-electron chi connectivity index (χ1n) is 8.00. The Morgan fingerprint density at radius 2 is 1.92 bits per heavy atom. The van der Waals surface area contributed by atoms with Gasteiger partial charge in [-0.25, -0.2) is 4.98 Å². The van der Waals surface area contributed by atoms with Crippen LogP contribution in [-0.2, 0) is 0 Å². The number of rotatable bonds is 3. The van der Waals surface area contributed by atoms with E-state index < -0.39 is 0 Å². The standard InChI is InChI=1S/C18H21BrN4O/c1-13-3-5-15(11-16(13)19)21-18(24)14-4-6-17(20-12-14)23-9-7-22(2)8-10-23/h3-6,11-12H,7-10H2,1-2H3,(H,21,24). The fourth-order valence-electron chi connectivity index (χ4n) is 2.62. The maximum atomic E-state index is 12.4. The van der Waals surface area contributed by atoms with Gasteiger partial charge in [0.15, 0.2) is 0 Å². The van der Waals surface area contributed by atoms with Crippen molar-refractivity contribution in [2.24, 2.45) is 0 Å². The summed E-state index contributed by atoms with van der Waals surface area (Å²) >= 11 is 3.48. The zero-order valence-electron chi connectivity index (χ0n) is 13.9. The molecule has 5 nitrogen and oxygen atoms in total. The lowest BCUT2D eigenvalue weighted by atomic mass is 10.2. The normalized spacial score (nSPS) is 15.4. The third-order valence-corrected chi connectivity index (χ3v) is 5.12. The van der Waals surface area contributed by atoms with Crippen LogP contribution in [0.5, 0.6) is 0 Å². The number of hydrogen-bond donors (Lipinski definition) is 1. The van der Waals surface area contributed by atoms with Crippen LogP contribution in [0.3, 0.4) is 0 Å². The highest BCUT2D eigenvalue weighted by molar-refractivity contribution is 9.10. The number of anilines is 2. The first-order chi connectivity index (χ1) is 11.5. The minimum atomic E-state index is -0.150. The second kappa shape index (κ2) is 7.32. The zero-order chi connectivity index (χ0) is 17.1. The van der Waals surface area contributed by atoms with Gasteiger partial charge in [-0.1, -0.05) is 22.0 Å². The molecule has 2 heterocycles. The Kier molecular flexibility index (Phi) is 5.16. The first-order valence-corrected chi connectivity index (χ1v) is 8.79. The smallest absolute Gasteiger partial charge is 0.257 e. The molecule has 0 radical (unpaired) electrons. The van der Waals surface area contributed by atoms with E-state index in [9.17, 15) is 4.79 Å². The lowest BCUT2D eigenvalue weighted by Crippen LogP contribution is -2.44. The quantitative estimate of drug-likeness (QED) is 0.876. The molecular weight excluding hydrogens is 368 g/mol. The molecule has 1 aromatic heterocycles. The lowest BCUT2D eigenvalue weighted by Gasteiger charge is -2.33. The summed E-state index contributed by atoms with van der Waals surface area (Å²) in [6.07, 6.45) is 1.65. The molecular formula is C18H21BrN4O. The van der Waals surface area contributed by atoms with Gasteiger partial charge in [-0.15, -0.1) is 0 Å². The molecule has 1 amide bonds. The molecule has 0 atom stereocenters. The predicted molar refractivity (Wildman–Crippen MR) is 101 cm³/mol. The number of piperazine rings is 1. The number of aromatic nitrogens is 1. The van der Waals surface area contributed by atoms with Crippen molar-refractivity contribution in [3.8, 4) is 0 Å². The molecule has 0 bridgehead atoms. The number of nitrogens with zero attached hydrogens (tertiary/aromatic N) is 3. The van der Waals surface area contributed by atoms with Crippen LogP contribution >= 0.6 is 15.9 Å². The molecule has 1 aromatic carbocycles. The van der Waals surface area contributed by atoms with E-state index in [1.165, 1.54) is 0 Å². The molecule has 0 unspecified atom stereocenters. The number of likely N-dealkylation sites (N-methyl/N-ethyl adjacent to an activating group) is 1. The molecule has 6 heteroatoms. The van der Waals surface area contributed by atoms with Crippen LogP contribution < -0.4 is 10.2 Å². The largest absolute Gasteiger partial charge is 0.354 e. The summed E-state index contributed by atoms with van der Waals surface area (Å²) in [6.45, 7) is 6.01. The summed E-state index contributed by atoms with van der Waals surface area (Å²) in [7, 11) is 2.13. The maximum Gasteiger partial charge on any atom is 0.257 e. The number of amides is 1. The minimum absolute atomic E-state index is 0.150. The fourth-order valence-corrected chi connectivity index (χ4v) is 3.00. The molecule has 0 spiro atoms. The second-order valence-electron chi connectivity index (χ2n) is 6.11. The number of pyridine rings is 1. The summed E-state index contributed by atoms with van der Waals surface area (Å²) in [5, 5.41) is 2.90. The Morgan fingerprint density at radius 3 is 2.54 bits per heavy atom. The Labute approximate surface area is 150 Å². The number of nitrogens with one attached hydrogen (secondary N) is 1. The summed E-state index contributed by atoms with van der Waals surface area (Å²) in [6, 6.07) is 9.52. The van der Waals surface area contributed by atoms with Crippen molar-refractivity contribution in [3.63, 3.8) is 0 Å². The van der Waals surface area contributed by atoms with Crippen LogP contribution in [0.2, 0.25) is 0 Å². The summed E-state index contributed by atoms with van der Waals surface area (Å²) in [5.74, 6) is 0.779. The van der Waals surface area contributed by atoms with Gasteiger partial charge in [0.2, 0.25) is 0 Å². The van der Waals surface area contributed by atoms with E-state index in [2.05, 4.69) is 43.1 Å². The Balaban J connectivity index is 1.66. The number of carbonyl (C=O) groups is 1. The van der Waals surface area contributed by atoms with Crippen LogP contribution in [0.1, 0.15) is 15.9 Å². The fraction of sp³-hybridized carbons (Fsp3) is 0.333. The van der Waals surface area contributed by atoms with E-state index in [1.54, 1.807) is 6.20 Å². The highest BCUT2D eigenvalue weighted by atomic mass is 79.9. The molecule has 126 valence electrons. The van der Waals surface area contributed by atoms with Gasteiger partial charge in [-0.3, -0.25) is 4.79 Å². The molecule has 0 saturated carbocycles. The third kappa shape index (κ3) is 3.94. The van der Waals surface area contributed by atoms with Crippen molar-refractivity contribution in [1.82, 2.24) is 9.88 Å². The summed E-state index contributed by atoms with van der Waals surface area (Å²) in [5.41, 5.74) is 2.45. The summed E-state index contributed by atoms with van der Waals surface area (Å²) < 4.78 is 0.976. The molecule has 3 rings (SSSR count). The van der Waals surface area contributed by atoms with Crippen molar-refractivity contribution >= 4 is 33.3 Å². The third-order valence-electron chi connectivity index (χ3n) is 4.27. The summed E-state index contributed by atoms with van der Waals surface area (Å²) in [4.78, 5) is 21.4. The SMILES string of the molecule is Cc1ccc(NC(=O)c2ccc(N3CCN(C)CC3)nc2)cc1Br. The average Bonchev–Trinajstić information content (AvgIpc) is 2.59. The van der Waals surface area contributed by atoms with E-state index in [-0.39, 0.29) is 5.91 Å². The number of benzene rings is 1. The second-order valence-corrected chi connectivity index (χ2v) is 6.97. The van der Waals surface area contributed by atoms with Crippen LogP contribution in [-0.4, -0.2) is 49.0 Å². The van der Waals surface area contributed by atoms with Gasteiger partial charge >= 0.3 is 0 Å². The minimum Gasteiger partial charge on any atom is -0.354 e. The van der Waals surface area contributed by atoms with Crippen molar-refractivity contribution in [3.05, 3.63) is 52.1 Å². The number of aryl methyl sites for hydroxylation is 1. The van der Waals surface area contributed by atoms with Gasteiger partial charge in [0.05, 0.1) is 5.56 Å². The van der Waals surface area contributed by atoms with Crippen molar-refractivity contribution < 1.29 is 4.79 Å². The Morgan fingerprint density at radius 1 is 1.17 bits per heavy atom. The van der Waals surface area contributed by atoms with Gasteiger partial charge in [0.1, 0.15) is 5.82 Å². The predicted octanol–water partition coefficient (Wildman–Crippen LogP) is 3.16.